The molecule has 4 rings (SSSR count). The van der Waals surface area contributed by atoms with Gasteiger partial charge in [0.25, 0.3) is 0 Å². The zero-order valence-electron chi connectivity index (χ0n) is 13.8. The number of nitrogens with zero attached hydrogens (tertiary/aromatic N) is 3. The van der Waals surface area contributed by atoms with Crippen LogP contribution in [0.2, 0.25) is 0 Å². The van der Waals surface area contributed by atoms with E-state index in [2.05, 4.69) is 15.5 Å². The predicted molar refractivity (Wildman–Crippen MR) is 93.6 cm³/mol. The number of rotatable bonds is 3. The van der Waals surface area contributed by atoms with Crippen LogP contribution in [-0.2, 0) is 0 Å². The van der Waals surface area contributed by atoms with E-state index in [1.54, 1.807) is 35.1 Å². The fourth-order valence-electron chi connectivity index (χ4n) is 2.30. The van der Waals surface area contributed by atoms with Gasteiger partial charge in [0.15, 0.2) is 17.4 Å². The van der Waals surface area contributed by atoms with Crippen LogP contribution in [0.4, 0.5) is 10.3 Å². The van der Waals surface area contributed by atoms with Gasteiger partial charge in [-0.1, -0.05) is 0 Å². The molecule has 132 valence electrons. The molecule has 0 aliphatic carbocycles. The van der Waals surface area contributed by atoms with Crippen molar-refractivity contribution in [3.63, 3.8) is 0 Å². The van der Waals surface area contributed by atoms with Crippen LogP contribution in [0.25, 0.3) is 17.0 Å². The summed E-state index contributed by atoms with van der Waals surface area (Å²) >= 11 is 0. The highest BCUT2D eigenvalue weighted by Crippen LogP contribution is 2.20. The van der Waals surface area contributed by atoms with E-state index in [0.29, 0.717) is 11.4 Å². The number of furan rings is 1. The Morgan fingerprint density at radius 2 is 1.92 bits per heavy atom. The summed E-state index contributed by atoms with van der Waals surface area (Å²) in [5.41, 5.74) is 0.995. The lowest BCUT2D eigenvalue weighted by molar-refractivity contribution is 0.0698. The maximum absolute atomic E-state index is 12.9. The Balaban J connectivity index is 0.000000236. The normalized spacial score (nSPS) is 10.2. The molecule has 0 amide bonds. The molecule has 3 aromatic heterocycles. The monoisotopic (exact) mass is 354 g/mol. The molecule has 7 nitrogen and oxygen atoms in total. The molecule has 0 fully saturated rings. The molecule has 0 saturated carbocycles. The first-order chi connectivity index (χ1) is 12.6. The molecule has 0 aliphatic rings. The quantitative estimate of drug-likeness (QED) is 0.584. The largest absolute Gasteiger partial charge is 0.478 e. The first-order valence-corrected chi connectivity index (χ1v) is 7.64. The van der Waals surface area contributed by atoms with Gasteiger partial charge in [-0.3, -0.25) is 4.40 Å². The van der Waals surface area contributed by atoms with Crippen LogP contribution in [0.15, 0.2) is 65.4 Å². The Kier molecular flexibility index (Phi) is 4.93. The summed E-state index contributed by atoms with van der Waals surface area (Å²) in [5, 5.41) is 19.8. The molecule has 0 spiro atoms. The highest BCUT2D eigenvalue weighted by molar-refractivity contribution is 5.94. The number of carbonyl (C=O) groups is 1. The first kappa shape index (κ1) is 17.2. The number of benzene rings is 1. The molecule has 0 bridgehead atoms. The molecule has 2 N–H and O–H groups in total. The van der Waals surface area contributed by atoms with Gasteiger partial charge < -0.3 is 14.8 Å². The fraction of sp³-hybridized carbons (Fsp3) is 0.0556. The van der Waals surface area contributed by atoms with Crippen LogP contribution >= 0.6 is 0 Å². The van der Waals surface area contributed by atoms with Gasteiger partial charge >= 0.3 is 5.97 Å². The number of pyridine rings is 1. The molecular weight excluding hydrogens is 339 g/mol. The molecule has 0 radical (unpaired) electrons. The summed E-state index contributed by atoms with van der Waals surface area (Å²) in [6.07, 6.45) is 3.30. The Bertz CT molecular complexity index is 1010. The summed E-state index contributed by atoms with van der Waals surface area (Å²) in [6.45, 7) is 0. The molecule has 26 heavy (non-hydrogen) atoms. The Morgan fingerprint density at radius 1 is 1.15 bits per heavy atom. The number of carboxylic acids is 1. The molecule has 3 heterocycles. The zero-order chi connectivity index (χ0) is 18.5. The summed E-state index contributed by atoms with van der Waals surface area (Å²) in [4.78, 5) is 11.1. The second kappa shape index (κ2) is 7.47. The number of hydrogen-bond acceptors (Lipinski definition) is 5. The third kappa shape index (κ3) is 3.54. The standard InChI is InChI=1S/C13H8FN3O2.C5H7NO/c14-9-5-3-8(4-6-9)11-15-16-12-10(13(18)19)2-1-7-17(11)12;1-6-5-3-2-4-7-5/h1-7H,(H,18,19);2-4,6H,1H3. The SMILES string of the molecule is CNc1ccco1.O=C(O)c1cccn2c(-c3ccc(F)cc3)nnc12. The van der Waals surface area contributed by atoms with Crippen LogP contribution in [-0.4, -0.2) is 32.7 Å². The second-order valence-electron chi connectivity index (χ2n) is 5.18. The van der Waals surface area contributed by atoms with E-state index < -0.39 is 5.97 Å². The van der Waals surface area contributed by atoms with Gasteiger partial charge in [-0.15, -0.1) is 10.2 Å². The number of aromatic nitrogens is 3. The molecule has 0 aliphatic heterocycles. The summed E-state index contributed by atoms with van der Waals surface area (Å²) in [5.74, 6) is -0.134. The molecule has 0 atom stereocenters. The van der Waals surface area contributed by atoms with Gasteiger partial charge in [0.05, 0.1) is 6.26 Å². The number of anilines is 1. The van der Waals surface area contributed by atoms with Crippen LogP contribution in [0.3, 0.4) is 0 Å². The Hall–Kier alpha value is -3.68. The lowest BCUT2D eigenvalue weighted by Gasteiger charge is -2.01. The number of aromatic carboxylic acids is 1. The van der Waals surface area contributed by atoms with Crippen LogP contribution in [0.5, 0.6) is 0 Å². The van der Waals surface area contributed by atoms with Gasteiger partial charge in [-0.05, 0) is 42.5 Å². The van der Waals surface area contributed by atoms with Gasteiger partial charge in [-0.2, -0.15) is 0 Å². The first-order valence-electron chi connectivity index (χ1n) is 7.64. The van der Waals surface area contributed by atoms with Crippen molar-refractivity contribution in [1.29, 1.82) is 0 Å². The third-order valence-corrected chi connectivity index (χ3v) is 3.54. The molecule has 4 aromatic rings. The smallest absolute Gasteiger partial charge is 0.339 e. The average molecular weight is 354 g/mol. The second-order valence-corrected chi connectivity index (χ2v) is 5.18. The van der Waals surface area contributed by atoms with Crippen molar-refractivity contribution >= 4 is 17.5 Å². The fourth-order valence-corrected chi connectivity index (χ4v) is 2.30. The lowest BCUT2D eigenvalue weighted by atomic mass is 10.2. The maximum Gasteiger partial charge on any atom is 0.339 e. The minimum atomic E-state index is -1.07. The summed E-state index contributed by atoms with van der Waals surface area (Å²) in [7, 11) is 1.82. The molecule has 0 unspecified atom stereocenters. The minimum Gasteiger partial charge on any atom is -0.478 e. The van der Waals surface area contributed by atoms with E-state index in [1.807, 2.05) is 19.2 Å². The van der Waals surface area contributed by atoms with Gasteiger partial charge in [0.2, 0.25) is 0 Å². The van der Waals surface area contributed by atoms with Gasteiger partial charge in [0, 0.05) is 24.9 Å². The number of halogens is 1. The van der Waals surface area contributed by atoms with Crippen molar-refractivity contribution in [2.75, 3.05) is 12.4 Å². The third-order valence-electron chi connectivity index (χ3n) is 3.54. The van der Waals surface area contributed by atoms with E-state index in [0.717, 1.165) is 5.88 Å². The molecule has 8 heteroatoms. The van der Waals surface area contributed by atoms with Gasteiger partial charge in [-0.25, -0.2) is 9.18 Å². The van der Waals surface area contributed by atoms with Crippen LogP contribution < -0.4 is 5.32 Å². The number of nitrogens with one attached hydrogen (secondary N) is 1. The molecular formula is C18H15FN4O3. The lowest BCUT2D eigenvalue weighted by Crippen LogP contribution is -2.00. The van der Waals surface area contributed by atoms with E-state index in [9.17, 15) is 9.18 Å². The van der Waals surface area contributed by atoms with Gasteiger partial charge in [0.1, 0.15) is 11.4 Å². The van der Waals surface area contributed by atoms with Crippen molar-refractivity contribution in [3.8, 4) is 11.4 Å². The van der Waals surface area contributed by atoms with Crippen molar-refractivity contribution < 1.29 is 18.7 Å². The highest BCUT2D eigenvalue weighted by Gasteiger charge is 2.14. The number of hydrogen-bond donors (Lipinski definition) is 2. The topological polar surface area (TPSA) is 92.7 Å². The highest BCUT2D eigenvalue weighted by atomic mass is 19.1. The Labute approximate surface area is 147 Å². The van der Waals surface area contributed by atoms with E-state index in [1.165, 1.54) is 18.2 Å². The average Bonchev–Trinajstić information content (AvgIpc) is 3.32. The van der Waals surface area contributed by atoms with E-state index in [-0.39, 0.29) is 17.0 Å². The van der Waals surface area contributed by atoms with Crippen LogP contribution in [0, 0.1) is 5.82 Å². The van der Waals surface area contributed by atoms with Crippen LogP contribution in [0.1, 0.15) is 10.4 Å². The predicted octanol–water partition coefficient (Wildman–Crippen LogP) is 3.55. The summed E-state index contributed by atoms with van der Waals surface area (Å²) in [6, 6.07) is 12.5. The van der Waals surface area contributed by atoms with Crippen molar-refractivity contribution in [3.05, 3.63) is 72.4 Å². The van der Waals surface area contributed by atoms with E-state index in [4.69, 9.17) is 9.52 Å². The summed E-state index contributed by atoms with van der Waals surface area (Å²) < 4.78 is 19.3. The minimum absolute atomic E-state index is 0.0726. The van der Waals surface area contributed by atoms with Crippen molar-refractivity contribution in [2.45, 2.75) is 0 Å². The molecule has 1 aromatic carbocycles. The Morgan fingerprint density at radius 3 is 2.50 bits per heavy atom. The number of fused-ring (bicyclic) bond motifs is 1. The molecule has 0 saturated heterocycles. The van der Waals surface area contributed by atoms with Crippen molar-refractivity contribution in [1.82, 2.24) is 14.6 Å². The zero-order valence-corrected chi connectivity index (χ0v) is 13.8. The maximum atomic E-state index is 12.9. The van der Waals surface area contributed by atoms with E-state index >= 15 is 0 Å². The number of carboxylic acid groups (broad SMARTS) is 1. The van der Waals surface area contributed by atoms with Crippen molar-refractivity contribution in [2.24, 2.45) is 0 Å².